The highest BCUT2D eigenvalue weighted by atomic mass is 35.5. The molecule has 0 aliphatic carbocycles. The van der Waals surface area contributed by atoms with Crippen molar-refractivity contribution in [2.75, 3.05) is 0 Å². The molecular weight excluding hydrogens is 316 g/mol. The lowest BCUT2D eigenvalue weighted by Crippen LogP contribution is -2.05. The van der Waals surface area contributed by atoms with Gasteiger partial charge in [-0.05, 0) is 30.7 Å². The molecule has 110 valence electrons. The Kier molecular flexibility index (Phi) is 4.80. The molecule has 3 nitrogen and oxygen atoms in total. The maximum Gasteiger partial charge on any atom is 0.337 e. The predicted molar refractivity (Wildman–Crippen MR) is 80.6 cm³/mol. The molecule has 1 aromatic heterocycles. The van der Waals surface area contributed by atoms with Gasteiger partial charge in [0.25, 0.3) is 0 Å². The number of aryl methyl sites for hydroxylation is 1. The number of pyridine rings is 1. The predicted octanol–water partition coefficient (Wildman–Crippen LogP) is 4.85. The highest BCUT2D eigenvalue weighted by Crippen LogP contribution is 2.31. The van der Waals surface area contributed by atoms with Crippen LogP contribution in [-0.2, 0) is 6.42 Å². The number of carboxylic acids is 1. The first kappa shape index (κ1) is 15.7. The third-order valence-electron chi connectivity index (χ3n) is 2.98. The quantitative estimate of drug-likeness (QED) is 0.817. The lowest BCUT2D eigenvalue weighted by molar-refractivity contribution is 0.0695. The minimum absolute atomic E-state index is 0.0697. The van der Waals surface area contributed by atoms with Gasteiger partial charge in [0, 0.05) is 5.56 Å². The Labute approximate surface area is 131 Å². The molecule has 21 heavy (non-hydrogen) atoms. The Morgan fingerprint density at radius 2 is 2.00 bits per heavy atom. The van der Waals surface area contributed by atoms with Crippen LogP contribution in [0, 0.1) is 5.82 Å². The van der Waals surface area contributed by atoms with Gasteiger partial charge in [-0.15, -0.1) is 0 Å². The summed E-state index contributed by atoms with van der Waals surface area (Å²) in [6.07, 6.45) is 1.27. The average molecular weight is 328 g/mol. The van der Waals surface area contributed by atoms with E-state index in [1.807, 2.05) is 6.92 Å². The molecule has 0 saturated heterocycles. The van der Waals surface area contributed by atoms with Crippen LogP contribution >= 0.6 is 23.2 Å². The molecule has 2 aromatic rings. The number of halogens is 3. The van der Waals surface area contributed by atoms with Crippen molar-refractivity contribution in [3.05, 3.63) is 51.4 Å². The summed E-state index contributed by atoms with van der Waals surface area (Å²) >= 11 is 11.7. The highest BCUT2D eigenvalue weighted by Gasteiger charge is 2.15. The molecule has 0 radical (unpaired) electrons. The molecule has 0 atom stereocenters. The Morgan fingerprint density at radius 1 is 1.29 bits per heavy atom. The van der Waals surface area contributed by atoms with E-state index in [2.05, 4.69) is 4.98 Å². The summed E-state index contributed by atoms with van der Waals surface area (Å²) in [5.74, 6) is -1.64. The first-order valence-electron chi connectivity index (χ1n) is 6.32. The van der Waals surface area contributed by atoms with Gasteiger partial charge in [-0.3, -0.25) is 4.98 Å². The largest absolute Gasteiger partial charge is 0.478 e. The smallest absolute Gasteiger partial charge is 0.337 e. The third-order valence-corrected chi connectivity index (χ3v) is 3.58. The summed E-state index contributed by atoms with van der Waals surface area (Å²) in [6.45, 7) is 1.93. The molecule has 0 saturated carbocycles. The summed E-state index contributed by atoms with van der Waals surface area (Å²) < 4.78 is 13.6. The van der Waals surface area contributed by atoms with E-state index in [0.717, 1.165) is 6.42 Å². The number of nitrogens with zero attached hydrogens (tertiary/aromatic N) is 1. The number of aromatic carboxylic acids is 1. The number of hydrogen-bond acceptors (Lipinski definition) is 2. The molecule has 0 unspecified atom stereocenters. The second-order valence-corrected chi connectivity index (χ2v) is 5.31. The summed E-state index contributed by atoms with van der Waals surface area (Å²) in [5.41, 5.74) is 1.40. The van der Waals surface area contributed by atoms with Crippen LogP contribution in [0.1, 0.15) is 29.4 Å². The van der Waals surface area contributed by atoms with Crippen molar-refractivity contribution >= 4 is 29.2 Å². The first-order chi connectivity index (χ1) is 9.93. The van der Waals surface area contributed by atoms with E-state index < -0.39 is 11.8 Å². The van der Waals surface area contributed by atoms with E-state index in [9.17, 15) is 9.18 Å². The van der Waals surface area contributed by atoms with E-state index in [1.54, 1.807) is 0 Å². The molecular formula is C15H12Cl2FNO2. The number of carbonyl (C=O) groups is 1. The van der Waals surface area contributed by atoms with Crippen molar-refractivity contribution in [1.29, 1.82) is 0 Å². The molecule has 1 heterocycles. The zero-order chi connectivity index (χ0) is 15.6. The molecule has 1 aromatic carbocycles. The van der Waals surface area contributed by atoms with E-state index >= 15 is 0 Å². The van der Waals surface area contributed by atoms with Crippen LogP contribution < -0.4 is 0 Å². The van der Waals surface area contributed by atoms with Crippen LogP contribution in [0.3, 0.4) is 0 Å². The van der Waals surface area contributed by atoms with Crippen molar-refractivity contribution in [3.63, 3.8) is 0 Å². The molecule has 0 fully saturated rings. The molecule has 1 N–H and O–H groups in total. The Morgan fingerprint density at radius 3 is 2.62 bits per heavy atom. The van der Waals surface area contributed by atoms with Crippen molar-refractivity contribution in [1.82, 2.24) is 4.98 Å². The maximum atomic E-state index is 13.6. The maximum absolute atomic E-state index is 13.6. The van der Waals surface area contributed by atoms with Gasteiger partial charge in [0.15, 0.2) is 0 Å². The summed E-state index contributed by atoms with van der Waals surface area (Å²) in [5, 5.41) is 9.34. The Bertz CT molecular complexity index is 704. The topological polar surface area (TPSA) is 50.2 Å². The molecule has 0 amide bonds. The van der Waals surface area contributed by atoms with Crippen LogP contribution in [0.4, 0.5) is 4.39 Å². The Hall–Kier alpha value is -1.65. The van der Waals surface area contributed by atoms with Gasteiger partial charge in [-0.25, -0.2) is 9.18 Å². The number of hydrogen-bond donors (Lipinski definition) is 1. The number of benzene rings is 1. The van der Waals surface area contributed by atoms with Gasteiger partial charge in [-0.1, -0.05) is 36.5 Å². The van der Waals surface area contributed by atoms with Crippen molar-refractivity contribution in [3.8, 4) is 11.3 Å². The van der Waals surface area contributed by atoms with E-state index in [0.29, 0.717) is 23.4 Å². The molecule has 6 heteroatoms. The molecule has 2 rings (SSSR count). The second-order valence-electron chi connectivity index (χ2n) is 4.49. The summed E-state index contributed by atoms with van der Waals surface area (Å²) in [4.78, 5) is 15.5. The third kappa shape index (κ3) is 3.34. The fourth-order valence-corrected chi connectivity index (χ4v) is 2.47. The zero-order valence-corrected chi connectivity index (χ0v) is 12.7. The van der Waals surface area contributed by atoms with E-state index in [1.165, 1.54) is 24.3 Å². The standard InChI is InChI=1S/C15H12Cl2FNO2/c1-2-3-13-8(15(20)21)4-5-14(19-13)9-6-12(18)11(17)7-10(9)16/h4-7H,2-3H2,1H3,(H,20,21). The molecule has 0 bridgehead atoms. The lowest BCUT2D eigenvalue weighted by atomic mass is 10.1. The number of rotatable bonds is 4. The second kappa shape index (κ2) is 6.41. The van der Waals surface area contributed by atoms with Gasteiger partial charge in [-0.2, -0.15) is 0 Å². The molecule has 0 aliphatic heterocycles. The highest BCUT2D eigenvalue weighted by molar-refractivity contribution is 6.36. The van der Waals surface area contributed by atoms with Crippen LogP contribution in [0.5, 0.6) is 0 Å². The van der Waals surface area contributed by atoms with Crippen LogP contribution in [0.2, 0.25) is 10.0 Å². The Balaban J connectivity index is 2.57. The zero-order valence-electron chi connectivity index (χ0n) is 11.2. The van der Waals surface area contributed by atoms with E-state index in [4.69, 9.17) is 28.3 Å². The van der Waals surface area contributed by atoms with E-state index in [-0.39, 0.29) is 15.6 Å². The van der Waals surface area contributed by atoms with Gasteiger partial charge < -0.3 is 5.11 Å². The van der Waals surface area contributed by atoms with Crippen LogP contribution in [0.25, 0.3) is 11.3 Å². The summed E-state index contributed by atoms with van der Waals surface area (Å²) in [6, 6.07) is 5.47. The van der Waals surface area contributed by atoms with Gasteiger partial charge in [0.1, 0.15) is 5.82 Å². The molecule has 0 aliphatic rings. The minimum Gasteiger partial charge on any atom is -0.478 e. The first-order valence-corrected chi connectivity index (χ1v) is 7.07. The van der Waals surface area contributed by atoms with Crippen LogP contribution in [-0.4, -0.2) is 16.1 Å². The average Bonchev–Trinajstić information content (AvgIpc) is 2.43. The normalized spacial score (nSPS) is 10.7. The lowest BCUT2D eigenvalue weighted by Gasteiger charge is -2.09. The van der Waals surface area contributed by atoms with Crippen molar-refractivity contribution < 1.29 is 14.3 Å². The fourth-order valence-electron chi connectivity index (χ4n) is 1.99. The minimum atomic E-state index is -1.04. The van der Waals surface area contributed by atoms with Crippen molar-refractivity contribution in [2.24, 2.45) is 0 Å². The van der Waals surface area contributed by atoms with Crippen molar-refractivity contribution in [2.45, 2.75) is 19.8 Å². The monoisotopic (exact) mass is 327 g/mol. The van der Waals surface area contributed by atoms with Gasteiger partial charge in [0.2, 0.25) is 0 Å². The van der Waals surface area contributed by atoms with Gasteiger partial charge in [0.05, 0.1) is 27.0 Å². The fraction of sp³-hybridized carbons (Fsp3) is 0.200. The summed E-state index contributed by atoms with van der Waals surface area (Å²) in [7, 11) is 0. The number of carboxylic acid groups (broad SMARTS) is 1. The van der Waals surface area contributed by atoms with Crippen LogP contribution in [0.15, 0.2) is 24.3 Å². The SMILES string of the molecule is CCCc1nc(-c2cc(F)c(Cl)cc2Cl)ccc1C(=O)O. The molecule has 0 spiro atoms. The number of aromatic nitrogens is 1. The van der Waals surface area contributed by atoms with Gasteiger partial charge >= 0.3 is 5.97 Å².